The molecule has 0 aliphatic heterocycles. The molecular weight excluding hydrogens is 269 g/mol. The summed E-state index contributed by atoms with van der Waals surface area (Å²) >= 11 is 0. The van der Waals surface area contributed by atoms with Gasteiger partial charge in [-0.2, -0.15) is 5.10 Å². The van der Waals surface area contributed by atoms with Crippen LogP contribution in [0, 0.1) is 19.7 Å². The van der Waals surface area contributed by atoms with Gasteiger partial charge in [-0.05, 0) is 44.2 Å². The first-order valence-electron chi connectivity index (χ1n) is 6.49. The summed E-state index contributed by atoms with van der Waals surface area (Å²) in [5.74, 6) is -0.240. The summed E-state index contributed by atoms with van der Waals surface area (Å²) in [4.78, 5) is 0. The summed E-state index contributed by atoms with van der Waals surface area (Å²) in [6, 6.07) is 8.47. The molecule has 0 saturated heterocycles. The third-order valence-corrected chi connectivity index (χ3v) is 3.29. The minimum atomic E-state index is -0.240. The van der Waals surface area contributed by atoms with Gasteiger partial charge in [0.25, 0.3) is 0 Å². The van der Waals surface area contributed by atoms with Crippen LogP contribution in [-0.4, -0.2) is 25.7 Å². The van der Waals surface area contributed by atoms with E-state index in [1.165, 1.54) is 29.5 Å². The van der Waals surface area contributed by atoms with Gasteiger partial charge in [0.1, 0.15) is 18.5 Å². The van der Waals surface area contributed by atoms with Crippen molar-refractivity contribution in [1.82, 2.24) is 19.4 Å². The molecule has 0 aliphatic carbocycles. The van der Waals surface area contributed by atoms with Crippen LogP contribution in [0.25, 0.3) is 5.69 Å². The molecule has 0 N–H and O–H groups in total. The molecule has 0 aliphatic rings. The molecule has 0 bridgehead atoms. The second-order valence-corrected chi connectivity index (χ2v) is 4.72. The summed E-state index contributed by atoms with van der Waals surface area (Å²) < 4.78 is 16.6. The maximum atomic E-state index is 13.0. The quantitative estimate of drug-likeness (QED) is 0.694. The van der Waals surface area contributed by atoms with Gasteiger partial charge in [0.2, 0.25) is 0 Å². The summed E-state index contributed by atoms with van der Waals surface area (Å²) in [6.45, 7) is 4.01. The maximum absolute atomic E-state index is 13.0. The molecule has 6 heteroatoms. The van der Waals surface area contributed by atoms with Gasteiger partial charge in [-0.1, -0.05) is 0 Å². The van der Waals surface area contributed by atoms with E-state index in [4.69, 9.17) is 0 Å². The van der Waals surface area contributed by atoms with E-state index in [2.05, 4.69) is 19.9 Å². The van der Waals surface area contributed by atoms with Crippen LogP contribution < -0.4 is 0 Å². The highest BCUT2D eigenvalue weighted by Crippen LogP contribution is 2.20. The van der Waals surface area contributed by atoms with Crippen molar-refractivity contribution in [2.45, 2.75) is 13.8 Å². The molecule has 2 heterocycles. The van der Waals surface area contributed by atoms with Crippen molar-refractivity contribution in [3.63, 3.8) is 0 Å². The number of aromatic nitrogens is 4. The van der Waals surface area contributed by atoms with Crippen LogP contribution in [0.15, 0.2) is 48.1 Å². The molecule has 0 atom stereocenters. The largest absolute Gasteiger partial charge is 0.318 e. The molecule has 3 rings (SSSR count). The molecule has 3 aromatic rings. The molecular formula is C15H14FN5. The highest BCUT2D eigenvalue weighted by atomic mass is 19.1. The first-order valence-corrected chi connectivity index (χ1v) is 6.49. The van der Waals surface area contributed by atoms with Crippen molar-refractivity contribution in [2.75, 3.05) is 0 Å². The minimum absolute atomic E-state index is 0.240. The van der Waals surface area contributed by atoms with Crippen LogP contribution in [0.1, 0.15) is 17.0 Å². The molecule has 0 saturated carbocycles. The van der Waals surface area contributed by atoms with Crippen LogP contribution in [0.4, 0.5) is 4.39 Å². The highest BCUT2D eigenvalue weighted by Gasteiger charge is 2.09. The van der Waals surface area contributed by atoms with Crippen molar-refractivity contribution < 1.29 is 4.39 Å². The van der Waals surface area contributed by atoms with Gasteiger partial charge in [0, 0.05) is 22.6 Å². The first-order chi connectivity index (χ1) is 10.1. The summed E-state index contributed by atoms with van der Waals surface area (Å²) in [7, 11) is 0. The normalized spacial score (nSPS) is 11.4. The number of nitrogens with zero attached hydrogens (tertiary/aromatic N) is 5. The SMILES string of the molecule is Cc1cc(C=Nn2cnnc2)c(C)n1-c1ccc(F)cc1. The molecule has 0 fully saturated rings. The fourth-order valence-corrected chi connectivity index (χ4v) is 2.29. The Morgan fingerprint density at radius 1 is 1.10 bits per heavy atom. The van der Waals surface area contributed by atoms with Gasteiger partial charge >= 0.3 is 0 Å². The first kappa shape index (κ1) is 13.2. The van der Waals surface area contributed by atoms with Gasteiger partial charge < -0.3 is 4.57 Å². The van der Waals surface area contributed by atoms with Crippen LogP contribution in [0.2, 0.25) is 0 Å². The summed E-state index contributed by atoms with van der Waals surface area (Å²) in [5.41, 5.74) is 4.01. The fourth-order valence-electron chi connectivity index (χ4n) is 2.29. The Labute approximate surface area is 121 Å². The molecule has 1 aromatic carbocycles. The van der Waals surface area contributed by atoms with Crippen molar-refractivity contribution in [2.24, 2.45) is 5.10 Å². The van der Waals surface area contributed by atoms with Crippen LogP contribution in [0.3, 0.4) is 0 Å². The molecule has 0 radical (unpaired) electrons. The Hall–Kier alpha value is -2.76. The van der Waals surface area contributed by atoms with E-state index in [1.807, 2.05) is 19.9 Å². The molecule has 5 nitrogen and oxygen atoms in total. The lowest BCUT2D eigenvalue weighted by Crippen LogP contribution is -1.99. The smallest absolute Gasteiger partial charge is 0.141 e. The fraction of sp³-hybridized carbons (Fsp3) is 0.133. The van der Waals surface area contributed by atoms with E-state index in [-0.39, 0.29) is 5.82 Å². The predicted octanol–water partition coefficient (Wildman–Crippen LogP) is 2.71. The third-order valence-electron chi connectivity index (χ3n) is 3.29. The zero-order chi connectivity index (χ0) is 14.8. The van der Waals surface area contributed by atoms with Crippen molar-refractivity contribution in [3.8, 4) is 5.69 Å². The highest BCUT2D eigenvalue weighted by molar-refractivity contribution is 5.82. The van der Waals surface area contributed by atoms with Crippen LogP contribution >= 0.6 is 0 Å². The molecule has 0 amide bonds. The second-order valence-electron chi connectivity index (χ2n) is 4.72. The lowest BCUT2D eigenvalue weighted by Gasteiger charge is -2.09. The van der Waals surface area contributed by atoms with Gasteiger partial charge in [0.05, 0.1) is 6.21 Å². The molecule has 21 heavy (non-hydrogen) atoms. The van der Waals surface area contributed by atoms with E-state index < -0.39 is 0 Å². The Morgan fingerprint density at radius 2 is 1.76 bits per heavy atom. The van der Waals surface area contributed by atoms with Crippen LogP contribution in [-0.2, 0) is 0 Å². The molecule has 0 unspecified atom stereocenters. The molecule has 2 aromatic heterocycles. The maximum Gasteiger partial charge on any atom is 0.141 e. The standard InChI is InChI=1S/C15H14FN5/c1-11-7-13(8-19-20-9-17-18-10-20)12(2)21(11)15-5-3-14(16)4-6-15/h3-10H,1-2H3. The zero-order valence-corrected chi connectivity index (χ0v) is 11.7. The third kappa shape index (κ3) is 2.60. The number of hydrogen-bond acceptors (Lipinski definition) is 3. The second kappa shape index (κ2) is 5.32. The van der Waals surface area contributed by atoms with Gasteiger partial charge in [-0.3, -0.25) is 0 Å². The average molecular weight is 283 g/mol. The van der Waals surface area contributed by atoms with E-state index in [0.29, 0.717) is 0 Å². The Kier molecular flexibility index (Phi) is 3.35. The Morgan fingerprint density at radius 3 is 2.43 bits per heavy atom. The van der Waals surface area contributed by atoms with Gasteiger partial charge in [-0.25, -0.2) is 9.07 Å². The zero-order valence-electron chi connectivity index (χ0n) is 11.7. The topological polar surface area (TPSA) is 48.0 Å². The monoisotopic (exact) mass is 283 g/mol. The Balaban J connectivity index is 1.98. The van der Waals surface area contributed by atoms with Crippen molar-refractivity contribution >= 4 is 6.21 Å². The number of benzene rings is 1. The Bertz CT molecular complexity index is 769. The lowest BCUT2D eigenvalue weighted by molar-refractivity contribution is 0.627. The van der Waals surface area contributed by atoms with E-state index in [9.17, 15) is 4.39 Å². The summed E-state index contributed by atoms with van der Waals surface area (Å²) in [6.07, 6.45) is 4.80. The van der Waals surface area contributed by atoms with Crippen LogP contribution in [0.5, 0.6) is 0 Å². The number of rotatable bonds is 3. The van der Waals surface area contributed by atoms with Gasteiger partial charge in [-0.15, -0.1) is 10.2 Å². The minimum Gasteiger partial charge on any atom is -0.318 e. The molecule has 106 valence electrons. The van der Waals surface area contributed by atoms with Gasteiger partial charge in [0.15, 0.2) is 0 Å². The lowest BCUT2D eigenvalue weighted by atomic mass is 10.2. The number of hydrogen-bond donors (Lipinski definition) is 0. The summed E-state index contributed by atoms with van der Waals surface area (Å²) in [5, 5.41) is 11.6. The van der Waals surface area contributed by atoms with E-state index in [1.54, 1.807) is 18.3 Å². The van der Waals surface area contributed by atoms with Crippen molar-refractivity contribution in [1.29, 1.82) is 0 Å². The number of halogens is 1. The molecule has 0 spiro atoms. The predicted molar refractivity (Wildman–Crippen MR) is 78.2 cm³/mol. The van der Waals surface area contributed by atoms with E-state index >= 15 is 0 Å². The van der Waals surface area contributed by atoms with Crippen molar-refractivity contribution in [3.05, 3.63) is 65.8 Å². The average Bonchev–Trinajstić information content (AvgIpc) is 3.07. The van der Waals surface area contributed by atoms with E-state index in [0.717, 1.165) is 22.6 Å². The number of aryl methyl sites for hydroxylation is 1.